The number of unbranched alkanes of at least 4 members (excludes halogenated alkanes) is 1. The maximum Gasteiger partial charge on any atom is -0.00230 e. The van der Waals surface area contributed by atoms with Crippen LogP contribution in [0.2, 0.25) is 0 Å². The Morgan fingerprint density at radius 2 is 2.45 bits per heavy atom. The molecule has 1 atom stereocenters. The van der Waals surface area contributed by atoms with Gasteiger partial charge in [0.05, 0.1) is 0 Å². The van der Waals surface area contributed by atoms with E-state index in [2.05, 4.69) is 25.7 Å². The van der Waals surface area contributed by atoms with Crippen LogP contribution < -0.4 is 0 Å². The highest BCUT2D eigenvalue weighted by molar-refractivity contribution is 5.13. The molecule has 11 heavy (non-hydrogen) atoms. The van der Waals surface area contributed by atoms with Crippen molar-refractivity contribution in [3.05, 3.63) is 24.3 Å². The molecule has 1 aliphatic carbocycles. The van der Waals surface area contributed by atoms with Crippen molar-refractivity contribution in [1.29, 1.82) is 0 Å². The third-order valence-corrected chi connectivity index (χ3v) is 2.39. The first-order valence-corrected chi connectivity index (χ1v) is 4.69. The van der Waals surface area contributed by atoms with Crippen molar-refractivity contribution in [2.45, 2.75) is 39.0 Å². The molecule has 0 bridgehead atoms. The fourth-order valence-corrected chi connectivity index (χ4v) is 1.56. The van der Waals surface area contributed by atoms with Gasteiger partial charge in [0.15, 0.2) is 0 Å². The summed E-state index contributed by atoms with van der Waals surface area (Å²) >= 11 is 0. The van der Waals surface area contributed by atoms with Crippen molar-refractivity contribution in [3.63, 3.8) is 0 Å². The van der Waals surface area contributed by atoms with Crippen molar-refractivity contribution in [2.24, 2.45) is 5.92 Å². The molecule has 1 unspecified atom stereocenters. The van der Waals surface area contributed by atoms with Crippen LogP contribution in [0.3, 0.4) is 0 Å². The van der Waals surface area contributed by atoms with Gasteiger partial charge >= 0.3 is 0 Å². The molecule has 0 aromatic heterocycles. The summed E-state index contributed by atoms with van der Waals surface area (Å²) < 4.78 is 0. The van der Waals surface area contributed by atoms with Crippen LogP contribution in [0.1, 0.15) is 39.0 Å². The molecule has 0 aliphatic heterocycles. The second kappa shape index (κ2) is 4.38. The first kappa shape index (κ1) is 8.58. The second-order valence-corrected chi connectivity index (χ2v) is 3.37. The number of hydrogen-bond acceptors (Lipinski definition) is 0. The van der Waals surface area contributed by atoms with Gasteiger partial charge in [-0.2, -0.15) is 0 Å². The molecule has 0 heterocycles. The van der Waals surface area contributed by atoms with Crippen molar-refractivity contribution in [1.82, 2.24) is 0 Å². The fourth-order valence-electron chi connectivity index (χ4n) is 1.56. The smallest absolute Gasteiger partial charge is 0.00230 e. The van der Waals surface area contributed by atoms with E-state index in [9.17, 15) is 0 Å². The third kappa shape index (κ3) is 2.53. The Morgan fingerprint density at radius 3 is 3.00 bits per heavy atom. The Bertz CT molecular complexity index is 153. The Kier molecular flexibility index (Phi) is 3.41. The molecule has 0 amide bonds. The molecule has 0 radical (unpaired) electrons. The molecule has 0 saturated carbocycles. The lowest BCUT2D eigenvalue weighted by Gasteiger charge is -2.10. The van der Waals surface area contributed by atoms with Gasteiger partial charge in [-0.25, -0.2) is 0 Å². The molecule has 0 aromatic carbocycles. The predicted molar refractivity (Wildman–Crippen MR) is 50.5 cm³/mol. The number of allylic oxidation sites excluding steroid dienone is 3. The van der Waals surface area contributed by atoms with Gasteiger partial charge in [-0.1, -0.05) is 37.6 Å². The Morgan fingerprint density at radius 1 is 1.64 bits per heavy atom. The molecule has 0 aromatic rings. The Balaban J connectivity index is 2.23. The Hall–Kier alpha value is -0.520. The molecule has 0 spiro atoms. The van der Waals surface area contributed by atoms with E-state index in [1.807, 2.05) is 0 Å². The van der Waals surface area contributed by atoms with Crippen molar-refractivity contribution in [3.8, 4) is 0 Å². The first-order valence-electron chi connectivity index (χ1n) is 4.69. The maximum absolute atomic E-state index is 4.12. The van der Waals surface area contributed by atoms with Gasteiger partial charge in [-0.3, -0.25) is 0 Å². The minimum absolute atomic E-state index is 0.710. The first-order chi connectivity index (χ1) is 5.34. The van der Waals surface area contributed by atoms with Gasteiger partial charge in [-0.05, 0) is 31.6 Å². The van der Waals surface area contributed by atoms with E-state index in [4.69, 9.17) is 0 Å². The molecule has 1 rings (SSSR count). The molecular weight excluding hydrogens is 132 g/mol. The van der Waals surface area contributed by atoms with Crippen LogP contribution in [-0.2, 0) is 0 Å². The van der Waals surface area contributed by atoms with E-state index in [0.29, 0.717) is 5.92 Å². The second-order valence-electron chi connectivity index (χ2n) is 3.37. The normalized spacial score (nSPS) is 22.5. The predicted octanol–water partition coefficient (Wildman–Crippen LogP) is 3.70. The molecular formula is C11H18. The average molecular weight is 150 g/mol. The maximum atomic E-state index is 4.12. The monoisotopic (exact) mass is 150 g/mol. The summed E-state index contributed by atoms with van der Waals surface area (Å²) in [6.45, 7) is 6.36. The van der Waals surface area contributed by atoms with Crippen LogP contribution in [0.4, 0.5) is 0 Å². The third-order valence-electron chi connectivity index (χ3n) is 2.39. The molecule has 0 nitrogen and oxygen atoms in total. The van der Waals surface area contributed by atoms with Crippen LogP contribution in [0.15, 0.2) is 24.3 Å². The van der Waals surface area contributed by atoms with Crippen LogP contribution in [0.25, 0.3) is 0 Å². The lowest BCUT2D eigenvalue weighted by atomic mass is 9.96. The van der Waals surface area contributed by atoms with E-state index >= 15 is 0 Å². The van der Waals surface area contributed by atoms with Crippen LogP contribution in [0.5, 0.6) is 0 Å². The lowest BCUT2D eigenvalue weighted by molar-refractivity contribution is 0.663. The van der Waals surface area contributed by atoms with Gasteiger partial charge in [0.25, 0.3) is 0 Å². The highest BCUT2D eigenvalue weighted by Crippen LogP contribution is 2.26. The quantitative estimate of drug-likeness (QED) is 0.536. The molecule has 0 saturated heterocycles. The summed E-state index contributed by atoms with van der Waals surface area (Å²) in [5.74, 6) is 0.710. The van der Waals surface area contributed by atoms with Crippen LogP contribution in [0, 0.1) is 5.92 Å². The zero-order valence-corrected chi connectivity index (χ0v) is 7.47. The van der Waals surface area contributed by atoms with E-state index in [1.165, 1.54) is 37.7 Å². The summed E-state index contributed by atoms with van der Waals surface area (Å²) in [4.78, 5) is 0. The SMILES string of the molecule is C=C(CCCC)C1C=CCC1. The minimum Gasteiger partial charge on any atom is -0.0993 e. The average Bonchev–Trinajstić information content (AvgIpc) is 2.52. The summed E-state index contributed by atoms with van der Waals surface area (Å²) in [5.41, 5.74) is 1.45. The van der Waals surface area contributed by atoms with E-state index in [1.54, 1.807) is 0 Å². The van der Waals surface area contributed by atoms with Gasteiger partial charge < -0.3 is 0 Å². The standard InChI is InChI=1S/C11H18/c1-3-4-7-10(2)11-8-5-6-9-11/h5,8,11H,2-4,6-7,9H2,1H3. The van der Waals surface area contributed by atoms with E-state index in [0.717, 1.165) is 0 Å². The van der Waals surface area contributed by atoms with Gasteiger partial charge in [-0.15, -0.1) is 0 Å². The minimum atomic E-state index is 0.710. The van der Waals surface area contributed by atoms with Crippen LogP contribution in [-0.4, -0.2) is 0 Å². The van der Waals surface area contributed by atoms with Gasteiger partial charge in [0.1, 0.15) is 0 Å². The lowest BCUT2D eigenvalue weighted by Crippen LogP contribution is -1.95. The topological polar surface area (TPSA) is 0 Å². The summed E-state index contributed by atoms with van der Waals surface area (Å²) in [7, 11) is 0. The summed E-state index contributed by atoms with van der Waals surface area (Å²) in [6.07, 6.45) is 11.0. The van der Waals surface area contributed by atoms with Gasteiger partial charge in [0, 0.05) is 0 Å². The molecule has 0 N–H and O–H groups in total. The van der Waals surface area contributed by atoms with Crippen molar-refractivity contribution >= 4 is 0 Å². The highest BCUT2D eigenvalue weighted by Gasteiger charge is 2.11. The summed E-state index contributed by atoms with van der Waals surface area (Å²) in [6, 6.07) is 0. The van der Waals surface area contributed by atoms with Crippen molar-refractivity contribution in [2.75, 3.05) is 0 Å². The zero-order chi connectivity index (χ0) is 8.10. The van der Waals surface area contributed by atoms with Crippen molar-refractivity contribution < 1.29 is 0 Å². The zero-order valence-electron chi connectivity index (χ0n) is 7.47. The highest BCUT2D eigenvalue weighted by atomic mass is 14.2. The largest absolute Gasteiger partial charge is 0.0993 e. The molecule has 0 heteroatoms. The number of hydrogen-bond donors (Lipinski definition) is 0. The number of rotatable bonds is 4. The molecule has 1 aliphatic rings. The van der Waals surface area contributed by atoms with Crippen LogP contribution >= 0.6 is 0 Å². The molecule has 0 fully saturated rings. The Labute approximate surface area is 70.0 Å². The van der Waals surface area contributed by atoms with E-state index < -0.39 is 0 Å². The molecule has 62 valence electrons. The van der Waals surface area contributed by atoms with E-state index in [-0.39, 0.29) is 0 Å². The van der Waals surface area contributed by atoms with Gasteiger partial charge in [0.2, 0.25) is 0 Å². The fraction of sp³-hybridized carbons (Fsp3) is 0.636. The summed E-state index contributed by atoms with van der Waals surface area (Å²) in [5, 5.41) is 0.